The molecule has 0 aromatic heterocycles. The van der Waals surface area contributed by atoms with Gasteiger partial charge in [-0.1, -0.05) is 18.2 Å². The maximum absolute atomic E-state index is 5.78. The van der Waals surface area contributed by atoms with Gasteiger partial charge in [-0.05, 0) is 25.2 Å². The van der Waals surface area contributed by atoms with Crippen LogP contribution in [0, 0.1) is 0 Å². The van der Waals surface area contributed by atoms with Crippen LogP contribution in [0.1, 0.15) is 12.8 Å². The molecule has 0 atom stereocenters. The van der Waals surface area contributed by atoms with Gasteiger partial charge in [-0.15, -0.1) is 11.8 Å². The summed E-state index contributed by atoms with van der Waals surface area (Å²) in [5.74, 6) is 0. The summed E-state index contributed by atoms with van der Waals surface area (Å²) >= 11 is 1.69. The normalized spacial score (nSPS) is 30.6. The smallest absolute Gasteiger partial charge is 0.0448 e. The highest BCUT2D eigenvalue weighted by Crippen LogP contribution is 2.18. The van der Waals surface area contributed by atoms with Crippen LogP contribution >= 0.6 is 11.8 Å². The van der Waals surface area contributed by atoms with Crippen molar-refractivity contribution in [1.82, 2.24) is 0 Å². The number of allylic oxidation sites excluding steroid dienone is 4. The molecular formula is C9H13NS. The largest absolute Gasteiger partial charge is 0.398 e. The Bertz CT molecular complexity index is 214. The standard InChI is InChI=1S/C9H13NS/c1-11-9-7-5-3-2-4-6-8(9)10/h4-7H,2-3,10H2,1H3/b6-4-,7-5-,9-8-. The molecule has 0 saturated carbocycles. The first-order valence-electron chi connectivity index (χ1n) is 3.71. The number of hydrogen-bond donors (Lipinski definition) is 1. The van der Waals surface area contributed by atoms with Crippen molar-refractivity contribution in [3.63, 3.8) is 0 Å². The molecular weight excluding hydrogens is 154 g/mol. The van der Waals surface area contributed by atoms with Gasteiger partial charge >= 0.3 is 0 Å². The second-order valence-electron chi connectivity index (χ2n) is 2.41. The highest BCUT2D eigenvalue weighted by molar-refractivity contribution is 8.02. The molecule has 0 heterocycles. The van der Waals surface area contributed by atoms with Crippen LogP contribution < -0.4 is 5.73 Å². The first-order valence-corrected chi connectivity index (χ1v) is 4.94. The fraction of sp³-hybridized carbons (Fsp3) is 0.333. The molecule has 0 aliphatic heterocycles. The van der Waals surface area contributed by atoms with E-state index in [-0.39, 0.29) is 0 Å². The molecule has 11 heavy (non-hydrogen) atoms. The Morgan fingerprint density at radius 2 is 1.91 bits per heavy atom. The van der Waals surface area contributed by atoms with Crippen LogP contribution in [0.2, 0.25) is 0 Å². The van der Waals surface area contributed by atoms with Crippen molar-refractivity contribution >= 4 is 11.8 Å². The Hall–Kier alpha value is -0.630. The zero-order chi connectivity index (χ0) is 8.10. The second-order valence-corrected chi connectivity index (χ2v) is 3.25. The molecule has 1 nitrogen and oxygen atoms in total. The van der Waals surface area contributed by atoms with Crippen LogP contribution in [0.5, 0.6) is 0 Å². The van der Waals surface area contributed by atoms with Gasteiger partial charge in [0.05, 0.1) is 0 Å². The van der Waals surface area contributed by atoms with Gasteiger partial charge in [-0.25, -0.2) is 0 Å². The molecule has 0 unspecified atom stereocenters. The molecule has 2 N–H and O–H groups in total. The fourth-order valence-corrected chi connectivity index (χ4v) is 1.49. The summed E-state index contributed by atoms with van der Waals surface area (Å²) in [5, 5.41) is 0. The van der Waals surface area contributed by atoms with Gasteiger partial charge in [0.2, 0.25) is 0 Å². The maximum Gasteiger partial charge on any atom is 0.0448 e. The third kappa shape index (κ3) is 2.46. The topological polar surface area (TPSA) is 26.0 Å². The van der Waals surface area contributed by atoms with E-state index in [4.69, 9.17) is 5.73 Å². The van der Waals surface area contributed by atoms with E-state index < -0.39 is 0 Å². The average Bonchev–Trinajstić information content (AvgIpc) is 1.98. The monoisotopic (exact) mass is 167 g/mol. The second kappa shape index (κ2) is 4.29. The summed E-state index contributed by atoms with van der Waals surface area (Å²) in [6.07, 6.45) is 12.6. The van der Waals surface area contributed by atoms with Crippen molar-refractivity contribution in [2.24, 2.45) is 5.73 Å². The summed E-state index contributed by atoms with van der Waals surface area (Å²) < 4.78 is 0. The van der Waals surface area contributed by atoms with Crippen LogP contribution in [0.3, 0.4) is 0 Å². The zero-order valence-electron chi connectivity index (χ0n) is 6.71. The van der Waals surface area contributed by atoms with E-state index in [0.29, 0.717) is 0 Å². The molecule has 0 aromatic carbocycles. The van der Waals surface area contributed by atoms with Crippen LogP contribution in [-0.4, -0.2) is 6.26 Å². The van der Waals surface area contributed by atoms with Gasteiger partial charge in [-0.3, -0.25) is 0 Å². The number of hydrogen-bond acceptors (Lipinski definition) is 2. The molecule has 0 fully saturated rings. The molecule has 60 valence electrons. The SMILES string of the molecule is CSC1=C(N)/C=C\CC/C=C\1. The third-order valence-corrected chi connectivity index (χ3v) is 2.38. The zero-order valence-corrected chi connectivity index (χ0v) is 7.53. The first-order chi connectivity index (χ1) is 5.34. The number of nitrogens with two attached hydrogens (primary N) is 1. The average molecular weight is 167 g/mol. The van der Waals surface area contributed by atoms with Crippen molar-refractivity contribution in [3.8, 4) is 0 Å². The van der Waals surface area contributed by atoms with E-state index in [9.17, 15) is 0 Å². The minimum atomic E-state index is 0.883. The lowest BCUT2D eigenvalue weighted by Crippen LogP contribution is -1.96. The Labute approximate surface area is 72.0 Å². The van der Waals surface area contributed by atoms with Crippen LogP contribution in [0.25, 0.3) is 0 Å². The molecule has 0 saturated heterocycles. The third-order valence-electron chi connectivity index (χ3n) is 1.57. The highest BCUT2D eigenvalue weighted by Gasteiger charge is 1.96. The Kier molecular flexibility index (Phi) is 3.30. The van der Waals surface area contributed by atoms with Gasteiger partial charge in [0.15, 0.2) is 0 Å². The predicted octanol–water partition coefficient (Wildman–Crippen LogP) is 2.43. The van der Waals surface area contributed by atoms with E-state index in [1.165, 1.54) is 4.91 Å². The fourth-order valence-electron chi connectivity index (χ4n) is 0.957. The molecule has 0 radical (unpaired) electrons. The molecule has 0 amide bonds. The lowest BCUT2D eigenvalue weighted by Gasteiger charge is -2.03. The predicted molar refractivity (Wildman–Crippen MR) is 52.2 cm³/mol. The summed E-state index contributed by atoms with van der Waals surface area (Å²) in [6.45, 7) is 0. The number of rotatable bonds is 1. The molecule has 0 bridgehead atoms. The molecule has 0 aromatic rings. The quantitative estimate of drug-likeness (QED) is 0.649. The summed E-state index contributed by atoms with van der Waals surface area (Å²) in [6, 6.07) is 0. The van der Waals surface area contributed by atoms with E-state index in [0.717, 1.165) is 18.5 Å². The van der Waals surface area contributed by atoms with Crippen molar-refractivity contribution in [2.45, 2.75) is 12.8 Å². The van der Waals surface area contributed by atoms with E-state index >= 15 is 0 Å². The lowest BCUT2D eigenvalue weighted by atomic mass is 10.2. The molecule has 1 aliphatic rings. The van der Waals surface area contributed by atoms with Crippen LogP contribution in [0.15, 0.2) is 34.9 Å². The van der Waals surface area contributed by atoms with Gasteiger partial charge < -0.3 is 5.73 Å². The van der Waals surface area contributed by atoms with Crippen molar-refractivity contribution in [1.29, 1.82) is 0 Å². The molecule has 2 heteroatoms. The molecule has 0 spiro atoms. The van der Waals surface area contributed by atoms with Gasteiger partial charge in [0.25, 0.3) is 0 Å². The van der Waals surface area contributed by atoms with E-state index in [2.05, 4.69) is 18.2 Å². The van der Waals surface area contributed by atoms with E-state index in [1.807, 2.05) is 12.3 Å². The highest BCUT2D eigenvalue weighted by atomic mass is 32.2. The summed E-state index contributed by atoms with van der Waals surface area (Å²) in [7, 11) is 0. The number of thioether (sulfide) groups is 1. The van der Waals surface area contributed by atoms with E-state index in [1.54, 1.807) is 11.8 Å². The van der Waals surface area contributed by atoms with Crippen LogP contribution in [0.4, 0.5) is 0 Å². The summed E-state index contributed by atoms with van der Waals surface area (Å²) in [5.41, 5.74) is 6.66. The molecule has 1 aliphatic carbocycles. The summed E-state index contributed by atoms with van der Waals surface area (Å²) in [4.78, 5) is 1.17. The minimum Gasteiger partial charge on any atom is -0.398 e. The Balaban J connectivity index is 2.86. The van der Waals surface area contributed by atoms with Gasteiger partial charge in [0.1, 0.15) is 0 Å². The molecule has 1 rings (SSSR count). The van der Waals surface area contributed by atoms with Gasteiger partial charge in [-0.2, -0.15) is 0 Å². The van der Waals surface area contributed by atoms with Crippen molar-refractivity contribution in [2.75, 3.05) is 6.26 Å². The maximum atomic E-state index is 5.78. The Morgan fingerprint density at radius 3 is 2.55 bits per heavy atom. The van der Waals surface area contributed by atoms with Crippen molar-refractivity contribution in [3.05, 3.63) is 34.9 Å². The minimum absolute atomic E-state index is 0.883. The first kappa shape index (κ1) is 8.47. The lowest BCUT2D eigenvalue weighted by molar-refractivity contribution is 1.04. The van der Waals surface area contributed by atoms with Crippen molar-refractivity contribution < 1.29 is 0 Å². The van der Waals surface area contributed by atoms with Crippen LogP contribution in [-0.2, 0) is 0 Å². The van der Waals surface area contributed by atoms with Gasteiger partial charge in [0, 0.05) is 10.6 Å². The Morgan fingerprint density at radius 1 is 1.27 bits per heavy atom.